The minimum atomic E-state index is -0.327. The van der Waals surface area contributed by atoms with Crippen molar-refractivity contribution in [1.29, 1.82) is 0 Å². The van der Waals surface area contributed by atoms with E-state index >= 15 is 0 Å². The second-order valence-electron chi connectivity index (χ2n) is 4.38. The van der Waals surface area contributed by atoms with Gasteiger partial charge in [0.15, 0.2) is 0 Å². The van der Waals surface area contributed by atoms with Crippen LogP contribution in [-0.2, 0) is 6.42 Å². The van der Waals surface area contributed by atoms with Crippen LogP contribution >= 0.6 is 55.1 Å². The molecule has 112 valence electrons. The van der Waals surface area contributed by atoms with E-state index in [4.69, 9.17) is 27.9 Å². The highest BCUT2D eigenvalue weighted by molar-refractivity contribution is 9.10. The van der Waals surface area contributed by atoms with Gasteiger partial charge in [-0.05, 0) is 46.6 Å². The van der Waals surface area contributed by atoms with Gasteiger partial charge >= 0.3 is 0 Å². The van der Waals surface area contributed by atoms with E-state index in [-0.39, 0.29) is 10.6 Å². The summed E-state index contributed by atoms with van der Waals surface area (Å²) < 4.78 is 20.0. The Morgan fingerprint density at radius 2 is 2.00 bits per heavy atom. The molecule has 6 heteroatoms. The van der Waals surface area contributed by atoms with Gasteiger partial charge in [-0.3, -0.25) is 0 Å². The Morgan fingerprint density at radius 1 is 1.29 bits per heavy atom. The first-order valence-corrected chi connectivity index (χ1v) is 8.50. The zero-order valence-corrected chi connectivity index (χ0v) is 15.7. The average molecular weight is 457 g/mol. The first-order valence-electron chi connectivity index (χ1n) is 6.04. The van der Waals surface area contributed by atoms with Crippen LogP contribution in [0.5, 0.6) is 5.75 Å². The number of hydrogen-bond donors (Lipinski definition) is 0. The molecule has 0 heterocycles. The van der Waals surface area contributed by atoms with Crippen LogP contribution in [0.25, 0.3) is 0 Å². The molecule has 21 heavy (non-hydrogen) atoms. The predicted molar refractivity (Wildman–Crippen MR) is 92.5 cm³/mol. The van der Waals surface area contributed by atoms with Gasteiger partial charge in [0.1, 0.15) is 11.6 Å². The van der Waals surface area contributed by atoms with Crippen molar-refractivity contribution >= 4 is 55.1 Å². The largest absolute Gasteiger partial charge is 0.495 e. The molecule has 1 unspecified atom stereocenters. The number of halogens is 5. The minimum Gasteiger partial charge on any atom is -0.495 e. The Bertz CT molecular complexity index is 644. The quantitative estimate of drug-likeness (QED) is 0.472. The topological polar surface area (TPSA) is 9.23 Å². The number of alkyl halides is 1. The smallest absolute Gasteiger partial charge is 0.137 e. The molecule has 0 saturated heterocycles. The lowest BCUT2D eigenvalue weighted by Gasteiger charge is -2.17. The maximum absolute atomic E-state index is 13.9. The Labute approximate surface area is 149 Å². The molecule has 2 aromatic carbocycles. The molecule has 0 aliphatic carbocycles. The molecule has 2 aromatic rings. The highest BCUT2D eigenvalue weighted by atomic mass is 79.9. The van der Waals surface area contributed by atoms with Gasteiger partial charge in [0.05, 0.1) is 11.6 Å². The summed E-state index contributed by atoms with van der Waals surface area (Å²) in [5.41, 5.74) is 1.29. The Hall–Kier alpha value is -0.290. The van der Waals surface area contributed by atoms with Gasteiger partial charge in [0.25, 0.3) is 0 Å². The molecule has 0 fully saturated rings. The lowest BCUT2D eigenvalue weighted by Crippen LogP contribution is -2.02. The van der Waals surface area contributed by atoms with Crippen molar-refractivity contribution in [2.24, 2.45) is 0 Å². The lowest BCUT2D eigenvalue weighted by atomic mass is 10.0. The Kier molecular flexibility index (Phi) is 5.95. The number of hydrogen-bond acceptors (Lipinski definition) is 1. The summed E-state index contributed by atoms with van der Waals surface area (Å²) >= 11 is 19.1. The van der Waals surface area contributed by atoms with Crippen molar-refractivity contribution in [3.05, 3.63) is 61.8 Å². The lowest BCUT2D eigenvalue weighted by molar-refractivity contribution is 0.406. The highest BCUT2D eigenvalue weighted by Crippen LogP contribution is 2.41. The van der Waals surface area contributed by atoms with Crippen LogP contribution in [0.1, 0.15) is 16.0 Å². The fraction of sp³-hybridized carbons (Fsp3) is 0.200. The summed E-state index contributed by atoms with van der Waals surface area (Å²) in [6, 6.07) is 8.19. The van der Waals surface area contributed by atoms with Crippen LogP contribution in [0.15, 0.2) is 34.8 Å². The van der Waals surface area contributed by atoms with Crippen molar-refractivity contribution in [3.8, 4) is 5.75 Å². The van der Waals surface area contributed by atoms with Crippen molar-refractivity contribution in [3.63, 3.8) is 0 Å². The van der Waals surface area contributed by atoms with E-state index in [2.05, 4.69) is 31.9 Å². The van der Waals surface area contributed by atoms with Gasteiger partial charge in [-0.2, -0.15) is 0 Å². The zero-order chi connectivity index (χ0) is 15.6. The van der Waals surface area contributed by atoms with Crippen molar-refractivity contribution < 1.29 is 9.13 Å². The molecule has 1 nitrogen and oxygen atoms in total. The molecule has 0 aliphatic heterocycles. The van der Waals surface area contributed by atoms with E-state index in [1.165, 1.54) is 6.07 Å². The van der Waals surface area contributed by atoms with Crippen molar-refractivity contribution in [2.45, 2.75) is 11.2 Å². The molecule has 1 atom stereocenters. The predicted octanol–water partition coefficient (Wildman–Crippen LogP) is 6.58. The fourth-order valence-electron chi connectivity index (χ4n) is 2.04. The third kappa shape index (κ3) is 3.92. The molecule has 0 bridgehead atoms. The van der Waals surface area contributed by atoms with Gasteiger partial charge < -0.3 is 4.74 Å². The molecule has 0 aliphatic rings. The number of rotatable bonds is 4. The van der Waals surface area contributed by atoms with E-state index in [9.17, 15) is 4.39 Å². The van der Waals surface area contributed by atoms with Crippen LogP contribution in [0, 0.1) is 5.82 Å². The molecule has 0 radical (unpaired) electrons. The molecular weight excluding hydrogens is 446 g/mol. The maximum atomic E-state index is 13.9. The molecule has 2 rings (SSSR count). The van der Waals surface area contributed by atoms with Crippen molar-refractivity contribution in [2.75, 3.05) is 7.11 Å². The maximum Gasteiger partial charge on any atom is 0.137 e. The van der Waals surface area contributed by atoms with E-state index in [0.29, 0.717) is 27.8 Å². The Morgan fingerprint density at radius 3 is 2.62 bits per heavy atom. The van der Waals surface area contributed by atoms with E-state index in [0.717, 1.165) is 10.0 Å². The Balaban J connectivity index is 2.39. The van der Waals surface area contributed by atoms with Gasteiger partial charge in [-0.1, -0.05) is 45.2 Å². The van der Waals surface area contributed by atoms with Crippen LogP contribution in [-0.4, -0.2) is 7.11 Å². The zero-order valence-electron chi connectivity index (χ0n) is 11.0. The normalized spacial score (nSPS) is 12.3. The summed E-state index contributed by atoms with van der Waals surface area (Å²) in [6.07, 6.45) is 0.384. The van der Waals surface area contributed by atoms with Gasteiger partial charge in [-0.25, -0.2) is 4.39 Å². The summed E-state index contributed by atoms with van der Waals surface area (Å²) in [5, 5.41) is 0.973. The van der Waals surface area contributed by atoms with Crippen LogP contribution < -0.4 is 4.74 Å². The molecule has 0 N–H and O–H groups in total. The van der Waals surface area contributed by atoms with E-state index < -0.39 is 0 Å². The second kappa shape index (κ2) is 7.32. The molecule has 0 spiro atoms. The second-order valence-corrected chi connectivity index (χ2v) is 7.19. The van der Waals surface area contributed by atoms with Crippen LogP contribution in [0.3, 0.4) is 0 Å². The highest BCUT2D eigenvalue weighted by Gasteiger charge is 2.20. The third-order valence-electron chi connectivity index (χ3n) is 3.02. The number of benzene rings is 2. The first-order chi connectivity index (χ1) is 9.93. The summed E-state index contributed by atoms with van der Waals surface area (Å²) in [5.74, 6) is 0.334. The van der Waals surface area contributed by atoms with E-state index in [1.807, 2.05) is 0 Å². The number of methoxy groups -OCH3 is 1. The van der Waals surface area contributed by atoms with Crippen LogP contribution in [0.2, 0.25) is 10.0 Å². The fourth-order valence-corrected chi connectivity index (χ4v) is 3.94. The van der Waals surface area contributed by atoms with Crippen LogP contribution in [0.4, 0.5) is 4.39 Å². The SMILES string of the molecule is COc1c(Br)cc(Cl)cc1C(Br)Cc1c(F)cccc1Cl. The molecule has 0 saturated carbocycles. The standard InChI is InChI=1S/C15H11Br2Cl2FO/c1-21-15-9(5-8(18)6-12(15)17)11(16)7-10-13(19)3-2-4-14(10)20/h2-6,11H,7H2,1H3. The van der Waals surface area contributed by atoms with Gasteiger partial charge in [0.2, 0.25) is 0 Å². The third-order valence-corrected chi connectivity index (χ3v) is 5.00. The summed E-state index contributed by atoms with van der Waals surface area (Å²) in [6.45, 7) is 0. The van der Waals surface area contributed by atoms with Crippen molar-refractivity contribution in [1.82, 2.24) is 0 Å². The average Bonchev–Trinajstić information content (AvgIpc) is 2.42. The minimum absolute atomic E-state index is 0.183. The van der Waals surface area contributed by atoms with E-state index in [1.54, 1.807) is 31.4 Å². The molecule has 0 aromatic heterocycles. The first kappa shape index (κ1) is 17.1. The summed E-state index contributed by atoms with van der Waals surface area (Å²) in [7, 11) is 1.58. The summed E-state index contributed by atoms with van der Waals surface area (Å²) in [4.78, 5) is -0.183. The monoisotopic (exact) mass is 454 g/mol. The van der Waals surface area contributed by atoms with Gasteiger partial charge in [0, 0.05) is 26.0 Å². The molecular formula is C15H11Br2Cl2FO. The van der Waals surface area contributed by atoms with Gasteiger partial charge in [-0.15, -0.1) is 0 Å². The molecule has 0 amide bonds. The number of ether oxygens (including phenoxy) is 1.